The first-order chi connectivity index (χ1) is 20.6. The normalized spacial score (nSPS) is 22.8. The number of hydrogen-bond donors (Lipinski definition) is 0. The van der Waals surface area contributed by atoms with E-state index < -0.39 is 26.6 Å². The van der Waals surface area contributed by atoms with Gasteiger partial charge in [0.25, 0.3) is 5.88 Å². The number of aromatic nitrogens is 3. The van der Waals surface area contributed by atoms with Crippen molar-refractivity contribution in [2.75, 3.05) is 58.3 Å². The molecule has 10 nitrogen and oxygen atoms in total. The molecule has 0 spiro atoms. The number of piperazine rings is 1. The topological polar surface area (TPSA) is 93.0 Å². The van der Waals surface area contributed by atoms with Gasteiger partial charge in [-0.1, -0.05) is 35.9 Å². The Morgan fingerprint density at radius 3 is 2.58 bits per heavy atom. The zero-order chi connectivity index (χ0) is 30.5. The van der Waals surface area contributed by atoms with Gasteiger partial charge >= 0.3 is 0 Å². The van der Waals surface area contributed by atoms with E-state index in [0.29, 0.717) is 28.9 Å². The predicted molar refractivity (Wildman–Crippen MR) is 165 cm³/mol. The number of rotatable bonds is 8. The Hall–Kier alpha value is -3.19. The number of sulfonamides is 1. The van der Waals surface area contributed by atoms with E-state index in [-0.39, 0.29) is 29.6 Å². The average Bonchev–Trinajstić information content (AvgIpc) is 3.57. The quantitative estimate of drug-likeness (QED) is 0.366. The van der Waals surface area contributed by atoms with Crippen LogP contribution in [0.5, 0.6) is 11.6 Å². The summed E-state index contributed by atoms with van der Waals surface area (Å²) in [6, 6.07) is 1.11. The van der Waals surface area contributed by atoms with Gasteiger partial charge < -0.3 is 18.9 Å². The Morgan fingerprint density at radius 1 is 1.14 bits per heavy atom. The maximum Gasteiger partial charge on any atom is 0.257 e. The highest BCUT2D eigenvalue weighted by Gasteiger charge is 2.50. The summed E-state index contributed by atoms with van der Waals surface area (Å²) >= 11 is 6.46. The van der Waals surface area contributed by atoms with Crippen molar-refractivity contribution in [2.24, 2.45) is 0 Å². The van der Waals surface area contributed by atoms with E-state index in [0.717, 1.165) is 44.4 Å². The maximum absolute atomic E-state index is 14.7. The van der Waals surface area contributed by atoms with Gasteiger partial charge in [0, 0.05) is 69.1 Å². The van der Waals surface area contributed by atoms with Crippen LogP contribution in [0, 0.1) is 5.82 Å². The van der Waals surface area contributed by atoms with Crippen LogP contribution in [0.2, 0.25) is 5.02 Å². The van der Waals surface area contributed by atoms with Crippen LogP contribution in [0.15, 0.2) is 42.8 Å². The Morgan fingerprint density at radius 2 is 1.91 bits per heavy atom. The molecular weight excluding hydrogens is 595 g/mol. The summed E-state index contributed by atoms with van der Waals surface area (Å²) in [5, 5.41) is -0.122. The molecule has 230 valence electrons. The van der Waals surface area contributed by atoms with Crippen LogP contribution < -0.4 is 13.8 Å². The lowest BCUT2D eigenvalue weighted by Gasteiger charge is -2.35. The molecule has 6 rings (SSSR count). The largest absolute Gasteiger partial charge is 0.491 e. The average molecular weight is 631 g/mol. The molecule has 3 aromatic rings. The number of anilines is 1. The van der Waals surface area contributed by atoms with Crippen molar-refractivity contribution in [1.82, 2.24) is 24.3 Å². The fourth-order valence-electron chi connectivity index (χ4n) is 6.17. The number of ether oxygens (including phenoxy) is 2. The van der Waals surface area contributed by atoms with E-state index in [4.69, 9.17) is 26.1 Å². The Bertz CT molecular complexity index is 1720. The van der Waals surface area contributed by atoms with Crippen molar-refractivity contribution in [2.45, 2.75) is 37.1 Å². The first-order valence-corrected chi connectivity index (χ1v) is 16.1. The SMILES string of the molecule is COc1cc2c(nc1OC)c(C1Cc3c(ncc(F)c3Cl)N1S(=O)(=O)C1(C)C=CC=CC1)cn2CCN1CCN(C)CC1. The van der Waals surface area contributed by atoms with E-state index in [1.807, 2.05) is 24.4 Å². The van der Waals surface area contributed by atoms with E-state index >= 15 is 0 Å². The van der Waals surface area contributed by atoms with Gasteiger partial charge in [0.2, 0.25) is 10.0 Å². The van der Waals surface area contributed by atoms with Crippen molar-refractivity contribution in [3.05, 3.63) is 64.7 Å². The van der Waals surface area contributed by atoms with Crippen LogP contribution in [-0.2, 0) is 23.0 Å². The predicted octanol–water partition coefficient (Wildman–Crippen LogP) is 4.20. The highest BCUT2D eigenvalue weighted by molar-refractivity contribution is 7.94. The lowest BCUT2D eigenvalue weighted by atomic mass is 10.0. The zero-order valence-corrected chi connectivity index (χ0v) is 26.3. The van der Waals surface area contributed by atoms with Crippen LogP contribution in [0.1, 0.15) is 30.5 Å². The molecule has 3 aromatic heterocycles. The Kier molecular flexibility index (Phi) is 7.91. The molecule has 1 saturated heterocycles. The second kappa shape index (κ2) is 11.4. The Labute approximate surface area is 256 Å². The van der Waals surface area contributed by atoms with Crippen LogP contribution in [0.25, 0.3) is 11.0 Å². The van der Waals surface area contributed by atoms with Crippen molar-refractivity contribution < 1.29 is 22.3 Å². The van der Waals surface area contributed by atoms with Gasteiger partial charge in [-0.05, 0) is 20.4 Å². The van der Waals surface area contributed by atoms with Crippen LogP contribution in [0.3, 0.4) is 0 Å². The van der Waals surface area contributed by atoms with Crippen LogP contribution in [0.4, 0.5) is 10.2 Å². The van der Waals surface area contributed by atoms with Gasteiger partial charge in [-0.2, -0.15) is 0 Å². The van der Waals surface area contributed by atoms with E-state index in [1.165, 1.54) is 11.4 Å². The fourth-order valence-corrected chi connectivity index (χ4v) is 8.30. The number of fused-ring (bicyclic) bond motifs is 2. The molecular formula is C30H36ClFN6O4S. The summed E-state index contributed by atoms with van der Waals surface area (Å²) in [5.74, 6) is 0.203. The number of pyridine rings is 2. The second-order valence-electron chi connectivity index (χ2n) is 11.5. The number of halogens is 2. The van der Waals surface area contributed by atoms with Gasteiger partial charge in [0.1, 0.15) is 10.6 Å². The number of methoxy groups -OCH3 is 2. The summed E-state index contributed by atoms with van der Waals surface area (Å²) in [5.41, 5.74) is 2.38. The molecule has 2 atom stereocenters. The third-order valence-corrected chi connectivity index (χ3v) is 11.7. The minimum atomic E-state index is -4.08. The molecule has 2 unspecified atom stereocenters. The molecule has 0 bridgehead atoms. The molecule has 43 heavy (non-hydrogen) atoms. The van der Waals surface area contributed by atoms with Crippen LogP contribution in [-0.4, -0.2) is 91.5 Å². The number of likely N-dealkylation sites (N-methyl/N-ethyl adjacent to an activating group) is 1. The minimum absolute atomic E-state index is 0.122. The molecule has 0 aromatic carbocycles. The van der Waals surface area contributed by atoms with Crippen molar-refractivity contribution in [3.8, 4) is 11.6 Å². The zero-order valence-electron chi connectivity index (χ0n) is 24.8. The molecule has 5 heterocycles. The minimum Gasteiger partial charge on any atom is -0.491 e. The number of hydrogen-bond acceptors (Lipinski definition) is 8. The van der Waals surface area contributed by atoms with Crippen LogP contribution >= 0.6 is 11.6 Å². The highest BCUT2D eigenvalue weighted by atomic mass is 35.5. The summed E-state index contributed by atoms with van der Waals surface area (Å²) in [6.07, 6.45) is 10.4. The van der Waals surface area contributed by atoms with Gasteiger partial charge in [-0.25, -0.2) is 27.1 Å². The maximum atomic E-state index is 14.7. The van der Waals surface area contributed by atoms with E-state index in [1.54, 1.807) is 26.2 Å². The fraction of sp³-hybridized carbons (Fsp3) is 0.467. The van der Waals surface area contributed by atoms with E-state index in [9.17, 15) is 12.8 Å². The third kappa shape index (κ3) is 5.07. The molecule has 1 aliphatic carbocycles. The monoisotopic (exact) mass is 630 g/mol. The Balaban J connectivity index is 1.49. The molecule has 1 fully saturated rings. The summed E-state index contributed by atoms with van der Waals surface area (Å²) in [4.78, 5) is 13.8. The molecule has 0 radical (unpaired) electrons. The summed E-state index contributed by atoms with van der Waals surface area (Å²) in [6.45, 7) is 7.10. The summed E-state index contributed by atoms with van der Waals surface area (Å²) in [7, 11) is 1.12. The first-order valence-electron chi connectivity index (χ1n) is 14.3. The summed E-state index contributed by atoms with van der Waals surface area (Å²) < 4.78 is 57.1. The van der Waals surface area contributed by atoms with Gasteiger partial charge in [0.05, 0.1) is 42.5 Å². The number of allylic oxidation sites excluding steroid dienone is 3. The molecule has 2 aliphatic heterocycles. The smallest absolute Gasteiger partial charge is 0.257 e. The molecule has 0 N–H and O–H groups in total. The lowest BCUT2D eigenvalue weighted by Crippen LogP contribution is -2.46. The molecule has 0 saturated carbocycles. The van der Waals surface area contributed by atoms with Crippen molar-refractivity contribution in [1.29, 1.82) is 0 Å². The van der Waals surface area contributed by atoms with Gasteiger partial charge in [-0.3, -0.25) is 4.90 Å². The molecule has 13 heteroatoms. The standard InChI is InChI=1S/C30H36ClFN6O4S/c1-30(8-6-5-7-9-30)43(39,40)38-23(16-20-26(31)22(32)18-33-28(20)38)21-19-37(15-14-36-12-10-35(2)11-13-36)24-17-25(41-3)29(42-4)34-27(21)24/h5-8,17-19,23H,9-16H2,1-4H3. The van der Waals surface area contributed by atoms with Gasteiger partial charge in [-0.15, -0.1) is 0 Å². The van der Waals surface area contributed by atoms with Crippen molar-refractivity contribution in [3.63, 3.8) is 0 Å². The van der Waals surface area contributed by atoms with Crippen molar-refractivity contribution >= 4 is 38.5 Å². The van der Waals surface area contributed by atoms with Gasteiger partial charge in [0.15, 0.2) is 11.6 Å². The second-order valence-corrected chi connectivity index (χ2v) is 14.2. The molecule has 3 aliphatic rings. The third-order valence-electron chi connectivity index (χ3n) is 8.84. The molecule has 0 amide bonds. The highest BCUT2D eigenvalue weighted by Crippen LogP contribution is 2.49. The number of nitrogens with zero attached hydrogens (tertiary/aromatic N) is 6. The van der Waals surface area contributed by atoms with E-state index in [2.05, 4.69) is 26.4 Å². The first kappa shape index (κ1) is 29.9. The lowest BCUT2D eigenvalue weighted by molar-refractivity contribution is 0.150.